The van der Waals surface area contributed by atoms with Crippen molar-refractivity contribution in [2.75, 3.05) is 0 Å². The molecule has 1 atom stereocenters. The second kappa shape index (κ2) is 7.79. The molecular formula is C21H20N2O5S. The number of ketones is 1. The lowest BCUT2D eigenvalue weighted by Gasteiger charge is -2.34. The predicted octanol–water partition coefficient (Wildman–Crippen LogP) is 4.41. The van der Waals surface area contributed by atoms with E-state index in [-0.39, 0.29) is 28.6 Å². The average molecular weight is 412 g/mol. The molecule has 1 aromatic heterocycles. The van der Waals surface area contributed by atoms with Gasteiger partial charge in [-0.1, -0.05) is 37.5 Å². The second-order valence-electron chi connectivity index (χ2n) is 7.32. The number of carbonyl (C=O) groups is 2. The number of likely N-dealkylation sites (tertiary alicyclic amines) is 1. The van der Waals surface area contributed by atoms with E-state index in [1.54, 1.807) is 4.90 Å². The van der Waals surface area contributed by atoms with Gasteiger partial charge in [-0.2, -0.15) is 0 Å². The Balaban J connectivity index is 1.85. The molecule has 29 heavy (non-hydrogen) atoms. The first kappa shape index (κ1) is 19.3. The zero-order valence-corrected chi connectivity index (χ0v) is 16.4. The highest BCUT2D eigenvalue weighted by Crippen LogP contribution is 2.44. The smallest absolute Gasteiger partial charge is 0.295 e. The maximum atomic E-state index is 13.0. The van der Waals surface area contributed by atoms with Crippen LogP contribution < -0.4 is 0 Å². The number of rotatable bonds is 4. The first-order valence-corrected chi connectivity index (χ1v) is 10.5. The predicted molar refractivity (Wildman–Crippen MR) is 108 cm³/mol. The van der Waals surface area contributed by atoms with Gasteiger partial charge in [0, 0.05) is 28.6 Å². The van der Waals surface area contributed by atoms with Crippen molar-refractivity contribution in [3.63, 3.8) is 0 Å². The Hall–Kier alpha value is -3.00. The van der Waals surface area contributed by atoms with E-state index in [2.05, 4.69) is 0 Å². The highest BCUT2D eigenvalue weighted by molar-refractivity contribution is 7.10. The number of amides is 1. The lowest BCUT2D eigenvalue weighted by atomic mass is 9.92. The Morgan fingerprint density at radius 2 is 1.90 bits per heavy atom. The summed E-state index contributed by atoms with van der Waals surface area (Å²) in [5.41, 5.74) is -0.0332. The van der Waals surface area contributed by atoms with Gasteiger partial charge in [0.1, 0.15) is 5.76 Å². The van der Waals surface area contributed by atoms with Crippen molar-refractivity contribution in [2.45, 2.75) is 44.2 Å². The summed E-state index contributed by atoms with van der Waals surface area (Å²) in [7, 11) is 0. The third-order valence-corrected chi connectivity index (χ3v) is 6.52. The van der Waals surface area contributed by atoms with Crippen molar-refractivity contribution < 1.29 is 19.6 Å². The molecule has 2 fully saturated rings. The van der Waals surface area contributed by atoms with Crippen LogP contribution in [0, 0.1) is 10.1 Å². The maximum absolute atomic E-state index is 13.0. The summed E-state index contributed by atoms with van der Waals surface area (Å²) < 4.78 is 0. The maximum Gasteiger partial charge on any atom is 0.295 e. The first-order valence-electron chi connectivity index (χ1n) is 9.57. The lowest BCUT2D eigenvalue weighted by Crippen LogP contribution is -2.40. The van der Waals surface area contributed by atoms with Crippen LogP contribution in [0.4, 0.5) is 5.69 Å². The molecule has 2 aliphatic rings. The van der Waals surface area contributed by atoms with E-state index < -0.39 is 22.7 Å². The van der Waals surface area contributed by atoms with Crippen molar-refractivity contribution >= 4 is 34.5 Å². The fourth-order valence-corrected chi connectivity index (χ4v) is 5.07. The Labute approximate surface area is 171 Å². The lowest BCUT2D eigenvalue weighted by molar-refractivity contribution is -0.384. The molecule has 0 bridgehead atoms. The highest BCUT2D eigenvalue weighted by Gasteiger charge is 2.49. The van der Waals surface area contributed by atoms with Gasteiger partial charge in [0.05, 0.1) is 16.5 Å². The van der Waals surface area contributed by atoms with E-state index in [9.17, 15) is 24.8 Å². The first-order chi connectivity index (χ1) is 14.0. The molecule has 150 valence electrons. The van der Waals surface area contributed by atoms with Crippen LogP contribution in [0.1, 0.15) is 48.6 Å². The van der Waals surface area contributed by atoms with Crippen molar-refractivity contribution in [3.05, 3.63) is 67.9 Å². The molecule has 1 amide bonds. The van der Waals surface area contributed by atoms with Gasteiger partial charge >= 0.3 is 0 Å². The summed E-state index contributed by atoms with van der Waals surface area (Å²) in [6.45, 7) is 0. The van der Waals surface area contributed by atoms with Gasteiger partial charge in [-0.3, -0.25) is 19.7 Å². The monoisotopic (exact) mass is 412 g/mol. The van der Waals surface area contributed by atoms with E-state index in [4.69, 9.17) is 0 Å². The van der Waals surface area contributed by atoms with Crippen molar-refractivity contribution in [1.29, 1.82) is 0 Å². The molecule has 1 aliphatic carbocycles. The van der Waals surface area contributed by atoms with Crippen LogP contribution in [0.15, 0.2) is 47.4 Å². The van der Waals surface area contributed by atoms with Gasteiger partial charge in [0.15, 0.2) is 0 Å². The van der Waals surface area contributed by atoms with Crippen molar-refractivity contribution in [3.8, 4) is 0 Å². The summed E-state index contributed by atoms with van der Waals surface area (Å²) in [5.74, 6) is -1.72. The molecule has 1 aliphatic heterocycles. The molecule has 2 heterocycles. The standard InChI is InChI=1S/C21H20N2O5S/c24-19(13-6-4-9-15(12-13)23(27)28)17-18(16-10-5-11-29-16)22(21(26)20(17)25)14-7-2-1-3-8-14/h4-6,9-12,14,18,24H,1-3,7-8H2/b19-17-. The molecule has 1 aromatic carbocycles. The molecule has 0 radical (unpaired) electrons. The number of nitro groups is 1. The number of nitro benzene ring substituents is 1. The number of aliphatic hydroxyl groups excluding tert-OH is 1. The molecule has 1 saturated heterocycles. The van der Waals surface area contributed by atoms with Crippen LogP contribution in [-0.2, 0) is 9.59 Å². The molecular weight excluding hydrogens is 392 g/mol. The van der Waals surface area contributed by atoms with Crippen LogP contribution in [0.5, 0.6) is 0 Å². The number of aliphatic hydroxyl groups is 1. The summed E-state index contributed by atoms with van der Waals surface area (Å²) >= 11 is 1.42. The number of non-ortho nitro benzene ring substituents is 1. The van der Waals surface area contributed by atoms with Gasteiger partial charge in [0.25, 0.3) is 17.4 Å². The normalized spacial score (nSPS) is 22.2. The zero-order valence-electron chi connectivity index (χ0n) is 15.6. The van der Waals surface area contributed by atoms with Crippen LogP contribution in [0.25, 0.3) is 5.76 Å². The van der Waals surface area contributed by atoms with Crippen LogP contribution >= 0.6 is 11.3 Å². The number of hydrogen-bond acceptors (Lipinski definition) is 6. The number of Topliss-reactive ketones (excluding diaryl/α,β-unsaturated/α-hetero) is 1. The fourth-order valence-electron chi connectivity index (χ4n) is 4.23. The largest absolute Gasteiger partial charge is 0.507 e. The van der Waals surface area contributed by atoms with Gasteiger partial charge in [-0.25, -0.2) is 0 Å². The molecule has 8 heteroatoms. The fraction of sp³-hybridized carbons (Fsp3) is 0.333. The summed E-state index contributed by atoms with van der Waals surface area (Å²) in [6.07, 6.45) is 4.75. The van der Waals surface area contributed by atoms with E-state index >= 15 is 0 Å². The van der Waals surface area contributed by atoms with Crippen LogP contribution in [0.3, 0.4) is 0 Å². The summed E-state index contributed by atoms with van der Waals surface area (Å²) in [6, 6.07) is 8.45. The Bertz CT molecular complexity index is 992. The van der Waals surface area contributed by atoms with Crippen LogP contribution in [0.2, 0.25) is 0 Å². The highest BCUT2D eigenvalue weighted by atomic mass is 32.1. The van der Waals surface area contributed by atoms with Gasteiger partial charge < -0.3 is 10.0 Å². The number of nitrogens with zero attached hydrogens (tertiary/aromatic N) is 2. The Morgan fingerprint density at radius 1 is 1.14 bits per heavy atom. The minimum Gasteiger partial charge on any atom is -0.507 e. The quantitative estimate of drug-likeness (QED) is 0.264. The van der Waals surface area contributed by atoms with Gasteiger partial charge in [-0.05, 0) is 24.3 Å². The van der Waals surface area contributed by atoms with E-state index in [0.717, 1.165) is 37.0 Å². The van der Waals surface area contributed by atoms with Crippen molar-refractivity contribution in [1.82, 2.24) is 4.90 Å². The minimum absolute atomic E-state index is 0.00326. The molecule has 1 saturated carbocycles. The number of hydrogen-bond donors (Lipinski definition) is 1. The zero-order chi connectivity index (χ0) is 20.5. The van der Waals surface area contributed by atoms with Crippen LogP contribution in [-0.4, -0.2) is 32.7 Å². The topological polar surface area (TPSA) is 101 Å². The molecule has 1 unspecified atom stereocenters. The molecule has 2 aromatic rings. The third kappa shape index (κ3) is 3.44. The van der Waals surface area contributed by atoms with Gasteiger partial charge in [0.2, 0.25) is 0 Å². The Morgan fingerprint density at radius 3 is 2.55 bits per heavy atom. The molecule has 0 spiro atoms. The van der Waals surface area contributed by atoms with E-state index in [0.29, 0.717) is 0 Å². The van der Waals surface area contributed by atoms with Gasteiger partial charge in [-0.15, -0.1) is 11.3 Å². The number of benzene rings is 1. The minimum atomic E-state index is -0.738. The molecule has 1 N–H and O–H groups in total. The Kier molecular flexibility index (Phi) is 5.19. The van der Waals surface area contributed by atoms with E-state index in [1.165, 1.54) is 35.6 Å². The molecule has 7 nitrogen and oxygen atoms in total. The number of thiophene rings is 1. The SMILES string of the molecule is O=C1C(=O)N(C2CCCCC2)C(c2cccs2)/C1=C(/O)c1cccc([N+](=O)[O-])c1. The van der Waals surface area contributed by atoms with Crippen molar-refractivity contribution in [2.24, 2.45) is 0 Å². The third-order valence-electron chi connectivity index (χ3n) is 5.59. The average Bonchev–Trinajstić information content (AvgIpc) is 3.35. The second-order valence-corrected chi connectivity index (χ2v) is 8.30. The summed E-state index contributed by atoms with van der Waals surface area (Å²) in [5, 5.41) is 23.9. The van der Waals surface area contributed by atoms with E-state index in [1.807, 2.05) is 17.5 Å². The number of carbonyl (C=O) groups excluding carboxylic acids is 2. The molecule has 4 rings (SSSR count). The summed E-state index contributed by atoms with van der Waals surface area (Å²) in [4.78, 5) is 38.9.